The van der Waals surface area contributed by atoms with Gasteiger partial charge in [0.05, 0.1) is 6.54 Å². The Bertz CT molecular complexity index is 347. The average Bonchev–Trinajstić information content (AvgIpc) is 2.48. The number of hydrogen-bond donors (Lipinski definition) is 1. The van der Waals surface area contributed by atoms with E-state index in [9.17, 15) is 0 Å². The molecular formula is C11H21N5. The average molecular weight is 223 g/mol. The molecule has 2 rings (SSSR count). The van der Waals surface area contributed by atoms with Gasteiger partial charge in [-0.05, 0) is 12.8 Å². The summed E-state index contributed by atoms with van der Waals surface area (Å²) in [4.78, 5) is 6.61. The van der Waals surface area contributed by atoms with Gasteiger partial charge in [-0.25, -0.2) is 9.67 Å². The summed E-state index contributed by atoms with van der Waals surface area (Å²) in [7, 11) is 0. The predicted molar refractivity (Wildman–Crippen MR) is 62.7 cm³/mol. The Balaban J connectivity index is 1.92. The van der Waals surface area contributed by atoms with Crippen molar-refractivity contribution in [1.29, 1.82) is 0 Å². The minimum absolute atomic E-state index is 0.0110. The van der Waals surface area contributed by atoms with E-state index in [4.69, 9.17) is 5.73 Å². The molecular weight excluding hydrogens is 202 g/mol. The Morgan fingerprint density at radius 2 is 2.19 bits per heavy atom. The van der Waals surface area contributed by atoms with Crippen molar-refractivity contribution in [3.63, 3.8) is 0 Å². The summed E-state index contributed by atoms with van der Waals surface area (Å²) in [6.07, 6.45) is 1.64. The van der Waals surface area contributed by atoms with Crippen molar-refractivity contribution in [1.82, 2.24) is 19.7 Å². The van der Waals surface area contributed by atoms with Crippen LogP contribution in [0.15, 0.2) is 6.33 Å². The molecule has 90 valence electrons. The molecule has 1 aromatic heterocycles. The van der Waals surface area contributed by atoms with E-state index in [1.54, 1.807) is 6.33 Å². The van der Waals surface area contributed by atoms with E-state index in [0.717, 1.165) is 32.0 Å². The molecule has 16 heavy (non-hydrogen) atoms. The fourth-order valence-corrected chi connectivity index (χ4v) is 2.20. The van der Waals surface area contributed by atoms with E-state index in [1.165, 1.54) is 0 Å². The quantitative estimate of drug-likeness (QED) is 0.806. The fourth-order valence-electron chi connectivity index (χ4n) is 2.20. The third-order valence-corrected chi connectivity index (χ3v) is 2.77. The summed E-state index contributed by atoms with van der Waals surface area (Å²) in [6, 6.07) is 0. The predicted octanol–water partition coefficient (Wildman–Crippen LogP) is 0.467. The van der Waals surface area contributed by atoms with E-state index in [1.807, 2.05) is 4.68 Å². The van der Waals surface area contributed by atoms with Gasteiger partial charge in [0.2, 0.25) is 0 Å². The standard InChI is InChI=1S/C11H21N5/c1-9(2)4-16-10(13-8-14-16)5-15-6-11(3,12)7-15/h8-9H,4-7,12H2,1-3H3. The molecule has 5 nitrogen and oxygen atoms in total. The molecule has 0 spiro atoms. The van der Waals surface area contributed by atoms with Crippen LogP contribution in [0.5, 0.6) is 0 Å². The molecule has 0 amide bonds. The maximum absolute atomic E-state index is 5.98. The third-order valence-electron chi connectivity index (χ3n) is 2.77. The SMILES string of the molecule is CC(C)Cn1ncnc1CN1CC(C)(N)C1. The van der Waals surface area contributed by atoms with E-state index in [2.05, 4.69) is 35.8 Å². The number of aromatic nitrogens is 3. The van der Waals surface area contributed by atoms with Crippen LogP contribution in [0.3, 0.4) is 0 Å². The molecule has 1 aliphatic heterocycles. The number of hydrogen-bond acceptors (Lipinski definition) is 4. The van der Waals surface area contributed by atoms with Crippen molar-refractivity contribution in [2.75, 3.05) is 13.1 Å². The second-order valence-electron chi connectivity index (χ2n) is 5.55. The molecule has 0 saturated carbocycles. The molecule has 0 aliphatic carbocycles. The monoisotopic (exact) mass is 223 g/mol. The van der Waals surface area contributed by atoms with Crippen molar-refractivity contribution < 1.29 is 0 Å². The lowest BCUT2D eigenvalue weighted by Gasteiger charge is -2.45. The van der Waals surface area contributed by atoms with Crippen LogP contribution >= 0.6 is 0 Å². The minimum Gasteiger partial charge on any atom is -0.323 e. The molecule has 2 N–H and O–H groups in total. The van der Waals surface area contributed by atoms with Gasteiger partial charge in [-0.3, -0.25) is 4.90 Å². The zero-order chi connectivity index (χ0) is 11.8. The number of rotatable bonds is 4. The molecule has 1 aliphatic rings. The van der Waals surface area contributed by atoms with Gasteiger partial charge in [0.1, 0.15) is 12.2 Å². The lowest BCUT2D eigenvalue weighted by atomic mass is 9.94. The topological polar surface area (TPSA) is 60.0 Å². The van der Waals surface area contributed by atoms with Crippen LogP contribution in [0.25, 0.3) is 0 Å². The second kappa shape index (κ2) is 4.14. The number of nitrogens with two attached hydrogens (primary N) is 1. The highest BCUT2D eigenvalue weighted by molar-refractivity contribution is 4.98. The fraction of sp³-hybridized carbons (Fsp3) is 0.818. The van der Waals surface area contributed by atoms with Crippen LogP contribution in [0.4, 0.5) is 0 Å². The van der Waals surface area contributed by atoms with E-state index in [-0.39, 0.29) is 5.54 Å². The first-order chi connectivity index (χ1) is 7.46. The normalized spacial score (nSPS) is 20.1. The number of likely N-dealkylation sites (tertiary alicyclic amines) is 1. The summed E-state index contributed by atoms with van der Waals surface area (Å²) >= 11 is 0. The molecule has 0 unspecified atom stereocenters. The van der Waals surface area contributed by atoms with Crippen LogP contribution in [0, 0.1) is 5.92 Å². The van der Waals surface area contributed by atoms with E-state index >= 15 is 0 Å². The minimum atomic E-state index is -0.0110. The maximum Gasteiger partial charge on any atom is 0.141 e. The van der Waals surface area contributed by atoms with Crippen molar-refractivity contribution in [3.8, 4) is 0 Å². The van der Waals surface area contributed by atoms with Gasteiger partial charge in [0, 0.05) is 25.2 Å². The smallest absolute Gasteiger partial charge is 0.141 e. The Morgan fingerprint density at radius 1 is 1.50 bits per heavy atom. The molecule has 5 heteroatoms. The van der Waals surface area contributed by atoms with Gasteiger partial charge >= 0.3 is 0 Å². The summed E-state index contributed by atoms with van der Waals surface area (Å²) in [6.45, 7) is 10.1. The zero-order valence-corrected chi connectivity index (χ0v) is 10.3. The van der Waals surface area contributed by atoms with Crippen LogP contribution in [-0.2, 0) is 13.1 Å². The highest BCUT2D eigenvalue weighted by Gasteiger charge is 2.35. The lowest BCUT2D eigenvalue weighted by molar-refractivity contribution is 0.0719. The Morgan fingerprint density at radius 3 is 2.75 bits per heavy atom. The lowest BCUT2D eigenvalue weighted by Crippen LogP contribution is -2.64. The summed E-state index contributed by atoms with van der Waals surface area (Å²) in [5.74, 6) is 1.64. The Hall–Kier alpha value is -0.940. The second-order valence-corrected chi connectivity index (χ2v) is 5.55. The Kier molecular flexibility index (Phi) is 2.99. The van der Waals surface area contributed by atoms with Gasteiger partial charge in [0.25, 0.3) is 0 Å². The first-order valence-electron chi connectivity index (χ1n) is 5.84. The van der Waals surface area contributed by atoms with Gasteiger partial charge in [-0.15, -0.1) is 0 Å². The van der Waals surface area contributed by atoms with E-state index in [0.29, 0.717) is 5.92 Å². The molecule has 1 saturated heterocycles. The van der Waals surface area contributed by atoms with E-state index < -0.39 is 0 Å². The third kappa shape index (κ3) is 2.59. The van der Waals surface area contributed by atoms with Gasteiger partial charge < -0.3 is 5.73 Å². The largest absolute Gasteiger partial charge is 0.323 e. The molecule has 1 aromatic rings. The van der Waals surface area contributed by atoms with Crippen molar-refractivity contribution in [3.05, 3.63) is 12.2 Å². The zero-order valence-electron chi connectivity index (χ0n) is 10.3. The Labute approximate surface area is 96.6 Å². The van der Waals surface area contributed by atoms with Crippen LogP contribution in [0.2, 0.25) is 0 Å². The van der Waals surface area contributed by atoms with Crippen molar-refractivity contribution in [2.45, 2.75) is 39.4 Å². The molecule has 0 atom stereocenters. The molecule has 2 heterocycles. The van der Waals surface area contributed by atoms with Crippen LogP contribution in [0.1, 0.15) is 26.6 Å². The van der Waals surface area contributed by atoms with Crippen LogP contribution in [-0.4, -0.2) is 38.3 Å². The summed E-state index contributed by atoms with van der Waals surface area (Å²) in [5.41, 5.74) is 5.96. The summed E-state index contributed by atoms with van der Waals surface area (Å²) in [5, 5.41) is 4.25. The maximum atomic E-state index is 5.98. The van der Waals surface area contributed by atoms with Crippen molar-refractivity contribution in [2.24, 2.45) is 11.7 Å². The first kappa shape index (κ1) is 11.5. The van der Waals surface area contributed by atoms with Gasteiger partial charge in [0.15, 0.2) is 0 Å². The highest BCUT2D eigenvalue weighted by Crippen LogP contribution is 2.19. The molecule has 0 radical (unpaired) electrons. The number of nitrogens with zero attached hydrogens (tertiary/aromatic N) is 4. The first-order valence-corrected chi connectivity index (χ1v) is 5.84. The summed E-state index contributed by atoms with van der Waals surface area (Å²) < 4.78 is 2.00. The van der Waals surface area contributed by atoms with Crippen LogP contribution < -0.4 is 5.73 Å². The highest BCUT2D eigenvalue weighted by atomic mass is 15.4. The van der Waals surface area contributed by atoms with Gasteiger partial charge in [-0.1, -0.05) is 13.8 Å². The molecule has 0 aromatic carbocycles. The molecule has 0 bridgehead atoms. The molecule has 1 fully saturated rings. The van der Waals surface area contributed by atoms with Gasteiger partial charge in [-0.2, -0.15) is 5.10 Å². The van der Waals surface area contributed by atoms with Crippen molar-refractivity contribution >= 4 is 0 Å².